The van der Waals surface area contributed by atoms with Crippen LogP contribution in [0.1, 0.15) is 52.9 Å². The summed E-state index contributed by atoms with van der Waals surface area (Å²) in [5.41, 5.74) is 0.127. The lowest BCUT2D eigenvalue weighted by atomic mass is 9.96. The first-order valence-corrected chi connectivity index (χ1v) is 16.9. The standard InChI is InChI=1S/C36H41ClFN5O4/c1-36(2,3)47-35(45)43-22-12-13-23(43)19-42(18-22)33-28-17-29(37)30(27-16-25(44)15-21-9-5-6-11-26(21)27)31(38)32(28)39-34(40-33)46-20-24-10-7-8-14-41(24)4/h5-6,9,11,15-17,22-24,44H,7-8,10,12-14,18-20H2,1-4H3/t22?,23?,24-/m0/s1. The van der Waals surface area contributed by atoms with Gasteiger partial charge in [-0.15, -0.1) is 0 Å². The molecule has 0 radical (unpaired) electrons. The highest BCUT2D eigenvalue weighted by Crippen LogP contribution is 2.43. The predicted octanol–water partition coefficient (Wildman–Crippen LogP) is 7.40. The Morgan fingerprint density at radius 1 is 1.04 bits per heavy atom. The minimum atomic E-state index is -0.609. The van der Waals surface area contributed by atoms with Gasteiger partial charge in [-0.1, -0.05) is 42.3 Å². The van der Waals surface area contributed by atoms with E-state index in [-0.39, 0.29) is 52.1 Å². The van der Waals surface area contributed by atoms with Gasteiger partial charge in [0.15, 0.2) is 5.82 Å². The highest BCUT2D eigenvalue weighted by Gasteiger charge is 2.45. The topological polar surface area (TPSA) is 91.3 Å². The van der Waals surface area contributed by atoms with Gasteiger partial charge >= 0.3 is 12.1 Å². The predicted molar refractivity (Wildman–Crippen MR) is 182 cm³/mol. The summed E-state index contributed by atoms with van der Waals surface area (Å²) in [7, 11) is 2.09. The van der Waals surface area contributed by atoms with Crippen molar-refractivity contribution in [2.75, 3.05) is 38.2 Å². The maximum Gasteiger partial charge on any atom is 0.410 e. The maximum atomic E-state index is 16.9. The van der Waals surface area contributed by atoms with Crippen molar-refractivity contribution in [2.24, 2.45) is 0 Å². The molecule has 47 heavy (non-hydrogen) atoms. The molecule has 3 saturated heterocycles. The Morgan fingerprint density at radius 3 is 2.51 bits per heavy atom. The molecule has 1 aromatic heterocycles. The summed E-state index contributed by atoms with van der Waals surface area (Å²) in [5, 5.41) is 12.7. The Bertz CT molecular complexity index is 1830. The normalized spacial score (nSPS) is 21.9. The van der Waals surface area contributed by atoms with Crippen LogP contribution in [0.3, 0.4) is 0 Å². The molecule has 2 bridgehead atoms. The number of halogens is 2. The van der Waals surface area contributed by atoms with E-state index in [0.717, 1.165) is 49.4 Å². The largest absolute Gasteiger partial charge is 0.508 e. The molecule has 4 aromatic rings. The number of phenolic OH excluding ortho intramolecular Hbond substituents is 1. The van der Waals surface area contributed by atoms with Gasteiger partial charge in [0.1, 0.15) is 29.3 Å². The average Bonchev–Trinajstić information content (AvgIpc) is 3.29. The minimum Gasteiger partial charge on any atom is -0.508 e. The molecule has 0 aliphatic carbocycles. The number of piperidine rings is 1. The highest BCUT2D eigenvalue weighted by molar-refractivity contribution is 6.35. The van der Waals surface area contributed by atoms with Crippen LogP contribution in [0.15, 0.2) is 42.5 Å². The molecule has 3 fully saturated rings. The highest BCUT2D eigenvalue weighted by atomic mass is 35.5. The Morgan fingerprint density at radius 2 is 1.79 bits per heavy atom. The van der Waals surface area contributed by atoms with Gasteiger partial charge in [0, 0.05) is 30.1 Å². The van der Waals surface area contributed by atoms with Crippen molar-refractivity contribution < 1.29 is 23.8 Å². The van der Waals surface area contributed by atoms with Gasteiger partial charge in [-0.3, -0.25) is 4.90 Å². The Labute approximate surface area is 279 Å². The number of ether oxygens (including phenoxy) is 2. The Hall–Kier alpha value is -3.89. The van der Waals surface area contributed by atoms with Gasteiger partial charge in [0.25, 0.3) is 0 Å². The molecule has 3 aliphatic rings. The maximum absolute atomic E-state index is 16.9. The van der Waals surface area contributed by atoms with Gasteiger partial charge in [0.05, 0.1) is 17.1 Å². The lowest BCUT2D eigenvalue weighted by Gasteiger charge is -2.42. The van der Waals surface area contributed by atoms with Crippen molar-refractivity contribution in [2.45, 2.75) is 76.6 Å². The molecule has 11 heteroatoms. The number of carbonyl (C=O) groups is 1. The number of aromatic nitrogens is 2. The number of hydrogen-bond acceptors (Lipinski definition) is 8. The van der Waals surface area contributed by atoms with Crippen molar-refractivity contribution in [1.29, 1.82) is 0 Å². The van der Waals surface area contributed by atoms with Crippen molar-refractivity contribution in [3.05, 3.63) is 53.3 Å². The number of amides is 1. The van der Waals surface area contributed by atoms with Crippen molar-refractivity contribution >= 4 is 45.2 Å². The first kappa shape index (κ1) is 31.7. The van der Waals surface area contributed by atoms with Gasteiger partial charge in [-0.2, -0.15) is 9.97 Å². The number of likely N-dealkylation sites (N-methyl/N-ethyl adjacent to an activating group) is 1. The molecule has 3 aromatic carbocycles. The molecule has 0 spiro atoms. The summed E-state index contributed by atoms with van der Waals surface area (Å²) >= 11 is 6.92. The van der Waals surface area contributed by atoms with Crippen LogP contribution in [0.2, 0.25) is 5.02 Å². The zero-order valence-electron chi connectivity index (χ0n) is 27.3. The van der Waals surface area contributed by atoms with Gasteiger partial charge < -0.3 is 24.4 Å². The third-order valence-electron chi connectivity index (χ3n) is 9.67. The fourth-order valence-corrected chi connectivity index (χ4v) is 7.72. The quantitative estimate of drug-likeness (QED) is 0.237. The summed E-state index contributed by atoms with van der Waals surface area (Å²) in [5.74, 6) is -0.0747. The van der Waals surface area contributed by atoms with E-state index in [2.05, 4.69) is 21.8 Å². The first-order valence-electron chi connectivity index (χ1n) is 16.5. The van der Waals surface area contributed by atoms with E-state index in [0.29, 0.717) is 36.5 Å². The van der Waals surface area contributed by atoms with Gasteiger partial charge in [-0.25, -0.2) is 9.18 Å². The van der Waals surface area contributed by atoms with Crippen molar-refractivity contribution in [1.82, 2.24) is 19.8 Å². The number of nitrogens with zero attached hydrogens (tertiary/aromatic N) is 5. The SMILES string of the molecule is CN1CCCC[C@H]1COc1nc(N2CC3CCC(C2)N3C(=O)OC(C)(C)C)c2cc(Cl)c(-c3cc(O)cc4ccccc34)c(F)c2n1. The second kappa shape index (κ2) is 12.3. The van der Waals surface area contributed by atoms with Gasteiger partial charge in [0.2, 0.25) is 0 Å². The number of anilines is 1. The molecule has 3 atom stereocenters. The number of phenols is 1. The van der Waals surface area contributed by atoms with E-state index < -0.39 is 11.4 Å². The van der Waals surface area contributed by atoms with E-state index in [1.807, 2.05) is 49.9 Å². The average molecular weight is 662 g/mol. The third-order valence-corrected chi connectivity index (χ3v) is 9.97. The number of aromatic hydroxyl groups is 1. The van der Waals surface area contributed by atoms with Crippen LogP contribution in [0.5, 0.6) is 11.8 Å². The zero-order chi connectivity index (χ0) is 33.0. The van der Waals surface area contributed by atoms with Crippen molar-refractivity contribution in [3.63, 3.8) is 0 Å². The molecule has 1 N–H and O–H groups in total. The smallest absolute Gasteiger partial charge is 0.410 e. The summed E-state index contributed by atoms with van der Waals surface area (Å²) in [6.45, 7) is 8.00. The molecule has 9 nitrogen and oxygen atoms in total. The second-order valence-electron chi connectivity index (χ2n) is 14.1. The zero-order valence-corrected chi connectivity index (χ0v) is 28.1. The molecule has 3 aliphatic heterocycles. The van der Waals surface area contributed by atoms with Crippen LogP contribution in [-0.2, 0) is 4.74 Å². The minimum absolute atomic E-state index is 0.0107. The third kappa shape index (κ3) is 6.13. The lowest BCUT2D eigenvalue weighted by Crippen LogP contribution is -2.57. The molecule has 4 heterocycles. The summed E-state index contributed by atoms with van der Waals surface area (Å²) in [6.07, 6.45) is 4.65. The fourth-order valence-electron chi connectivity index (χ4n) is 7.43. The second-order valence-corrected chi connectivity index (χ2v) is 14.5. The Balaban J connectivity index is 1.32. The number of fused-ring (bicyclic) bond motifs is 4. The fraction of sp³-hybridized carbons (Fsp3) is 0.472. The molecule has 2 unspecified atom stereocenters. The molecule has 7 rings (SSSR count). The number of carbonyl (C=O) groups excluding carboxylic acids is 1. The van der Waals surface area contributed by atoms with Crippen LogP contribution in [0.4, 0.5) is 15.0 Å². The molecular formula is C36H41ClFN5O4. The number of likely N-dealkylation sites (tertiary alicyclic amines) is 1. The Kier molecular flexibility index (Phi) is 8.29. The van der Waals surface area contributed by atoms with Crippen LogP contribution in [0.25, 0.3) is 32.8 Å². The van der Waals surface area contributed by atoms with E-state index >= 15 is 4.39 Å². The van der Waals surface area contributed by atoms with Crippen LogP contribution in [0, 0.1) is 5.82 Å². The van der Waals surface area contributed by atoms with E-state index in [9.17, 15) is 9.90 Å². The number of piperazine rings is 1. The number of rotatable bonds is 5. The summed E-state index contributed by atoms with van der Waals surface area (Å²) in [4.78, 5) is 29.0. The molecule has 1 amide bonds. The van der Waals surface area contributed by atoms with E-state index in [1.165, 1.54) is 6.07 Å². The molecular weight excluding hydrogens is 621 g/mol. The van der Waals surface area contributed by atoms with Gasteiger partial charge in [-0.05, 0) is 94.6 Å². The molecule has 248 valence electrons. The van der Waals surface area contributed by atoms with Crippen LogP contribution >= 0.6 is 11.6 Å². The number of benzene rings is 3. The first-order chi connectivity index (χ1) is 22.5. The monoisotopic (exact) mass is 661 g/mol. The van der Waals surface area contributed by atoms with Crippen LogP contribution in [-0.4, -0.2) is 88.0 Å². The summed E-state index contributed by atoms with van der Waals surface area (Å²) in [6, 6.07) is 12.5. The van der Waals surface area contributed by atoms with Crippen LogP contribution < -0.4 is 9.64 Å². The van der Waals surface area contributed by atoms with E-state index in [1.54, 1.807) is 12.1 Å². The number of hydrogen-bond donors (Lipinski definition) is 1. The van der Waals surface area contributed by atoms with Crippen molar-refractivity contribution in [3.8, 4) is 22.9 Å². The van der Waals surface area contributed by atoms with E-state index in [4.69, 9.17) is 26.1 Å². The molecule has 0 saturated carbocycles. The lowest BCUT2D eigenvalue weighted by molar-refractivity contribution is 0.0122. The summed E-state index contributed by atoms with van der Waals surface area (Å²) < 4.78 is 28.9.